The van der Waals surface area contributed by atoms with Gasteiger partial charge in [-0.15, -0.1) is 0 Å². The molecule has 29 heavy (non-hydrogen) atoms. The van der Waals surface area contributed by atoms with Crippen LogP contribution >= 0.6 is 0 Å². The number of amides is 2. The molecule has 0 aliphatic carbocycles. The van der Waals surface area contributed by atoms with E-state index in [4.69, 9.17) is 0 Å². The van der Waals surface area contributed by atoms with Gasteiger partial charge >= 0.3 is 6.03 Å². The number of nitrogens with zero attached hydrogens (tertiary/aromatic N) is 2. The fourth-order valence-electron chi connectivity index (χ4n) is 3.76. The van der Waals surface area contributed by atoms with Gasteiger partial charge in [-0.2, -0.15) is 0 Å². The molecule has 1 fully saturated rings. The maximum absolute atomic E-state index is 13.2. The molecular weight excluding hydrogens is 369 g/mol. The van der Waals surface area contributed by atoms with E-state index in [2.05, 4.69) is 5.32 Å². The minimum atomic E-state index is -0.314. The second-order valence-corrected chi connectivity index (χ2v) is 7.17. The lowest BCUT2D eigenvalue weighted by Gasteiger charge is -2.25. The molecule has 1 saturated heterocycles. The number of halogens is 1. The summed E-state index contributed by atoms with van der Waals surface area (Å²) in [5.74, 6) is -0.300. The number of hydrogen-bond donors (Lipinski definition) is 1. The number of hydrogen-bond acceptors (Lipinski definition) is 2. The Labute approximate surface area is 168 Å². The number of rotatable bonds is 4. The van der Waals surface area contributed by atoms with Crippen molar-refractivity contribution in [3.05, 3.63) is 100 Å². The average Bonchev–Trinajstić information content (AvgIpc) is 3.22. The fraction of sp³-hybridized carbons (Fsp3) is 0.217. The molecule has 1 aliphatic rings. The standard InChI is InChI=1S/C23H22FN3O2/c24-19-12-10-18(11-13-19)21-9-5-15-27(21)23(29)25-20-8-4-14-26(22(20)28)16-17-6-2-1-3-7-17/h1-4,6-8,10-14,21H,5,9,15-16H2,(H,25,29)/t21-/m0/s1. The maximum Gasteiger partial charge on any atom is 0.322 e. The van der Waals surface area contributed by atoms with E-state index < -0.39 is 0 Å². The highest BCUT2D eigenvalue weighted by atomic mass is 19.1. The summed E-state index contributed by atoms with van der Waals surface area (Å²) >= 11 is 0. The molecule has 0 unspecified atom stereocenters. The number of likely N-dealkylation sites (tertiary alicyclic amines) is 1. The number of aromatic nitrogens is 1. The Balaban J connectivity index is 1.51. The van der Waals surface area contributed by atoms with E-state index >= 15 is 0 Å². The number of benzene rings is 2. The second-order valence-electron chi connectivity index (χ2n) is 7.17. The molecule has 5 nitrogen and oxygen atoms in total. The Morgan fingerprint density at radius 1 is 1.03 bits per heavy atom. The van der Waals surface area contributed by atoms with Crippen LogP contribution in [0.4, 0.5) is 14.9 Å². The molecule has 1 aliphatic heterocycles. The van der Waals surface area contributed by atoms with Crippen LogP contribution in [0.15, 0.2) is 77.7 Å². The second kappa shape index (κ2) is 8.31. The third-order valence-corrected chi connectivity index (χ3v) is 5.23. The van der Waals surface area contributed by atoms with Crippen molar-refractivity contribution in [3.8, 4) is 0 Å². The van der Waals surface area contributed by atoms with Gasteiger partial charge in [0.05, 0.1) is 12.6 Å². The lowest BCUT2D eigenvalue weighted by atomic mass is 10.0. The first-order chi connectivity index (χ1) is 14.1. The zero-order valence-electron chi connectivity index (χ0n) is 15.9. The summed E-state index contributed by atoms with van der Waals surface area (Å²) in [5.41, 5.74) is 1.91. The summed E-state index contributed by atoms with van der Waals surface area (Å²) in [4.78, 5) is 27.4. The lowest BCUT2D eigenvalue weighted by Crippen LogP contribution is -2.36. The zero-order valence-corrected chi connectivity index (χ0v) is 15.9. The van der Waals surface area contributed by atoms with E-state index in [0.29, 0.717) is 13.1 Å². The Morgan fingerprint density at radius 2 is 1.79 bits per heavy atom. The van der Waals surface area contributed by atoms with Gasteiger partial charge in [0.1, 0.15) is 11.5 Å². The molecule has 4 rings (SSSR count). The van der Waals surface area contributed by atoms with Crippen LogP contribution in [0.25, 0.3) is 0 Å². The lowest BCUT2D eigenvalue weighted by molar-refractivity contribution is 0.207. The van der Waals surface area contributed by atoms with Gasteiger partial charge in [-0.25, -0.2) is 9.18 Å². The molecule has 0 radical (unpaired) electrons. The van der Waals surface area contributed by atoms with E-state index in [9.17, 15) is 14.0 Å². The van der Waals surface area contributed by atoms with Crippen LogP contribution in [0.2, 0.25) is 0 Å². The summed E-state index contributed by atoms with van der Waals surface area (Å²) in [5, 5.41) is 2.77. The molecule has 3 aromatic rings. The van der Waals surface area contributed by atoms with Crippen LogP contribution in [0.1, 0.15) is 30.0 Å². The first-order valence-corrected chi connectivity index (χ1v) is 9.68. The highest BCUT2D eigenvalue weighted by Crippen LogP contribution is 2.32. The Hall–Kier alpha value is -3.41. The number of urea groups is 1. The monoisotopic (exact) mass is 391 g/mol. The van der Waals surface area contributed by atoms with Gasteiger partial charge in [-0.05, 0) is 48.2 Å². The first-order valence-electron chi connectivity index (χ1n) is 9.68. The molecule has 1 atom stereocenters. The van der Waals surface area contributed by atoms with E-state index in [0.717, 1.165) is 24.0 Å². The van der Waals surface area contributed by atoms with Gasteiger partial charge in [0, 0.05) is 12.7 Å². The number of pyridine rings is 1. The van der Waals surface area contributed by atoms with Crippen molar-refractivity contribution in [1.82, 2.24) is 9.47 Å². The van der Waals surface area contributed by atoms with Gasteiger partial charge < -0.3 is 14.8 Å². The number of carbonyl (C=O) groups excluding carboxylic acids is 1. The average molecular weight is 391 g/mol. The Morgan fingerprint density at radius 3 is 2.55 bits per heavy atom. The van der Waals surface area contributed by atoms with Gasteiger partial charge in [0.25, 0.3) is 5.56 Å². The number of nitrogens with one attached hydrogen (secondary N) is 1. The number of carbonyl (C=O) groups is 1. The SMILES string of the molecule is O=C(Nc1cccn(Cc2ccccc2)c1=O)N1CCC[C@H]1c1ccc(F)cc1. The molecule has 2 amide bonds. The van der Waals surface area contributed by atoms with Crippen LogP contribution in [0, 0.1) is 5.82 Å². The van der Waals surface area contributed by atoms with Crippen molar-refractivity contribution in [3.63, 3.8) is 0 Å². The summed E-state index contributed by atoms with van der Waals surface area (Å²) in [6, 6.07) is 18.8. The fourth-order valence-corrected chi connectivity index (χ4v) is 3.76. The highest BCUT2D eigenvalue weighted by molar-refractivity contribution is 5.89. The van der Waals surface area contributed by atoms with Crippen molar-refractivity contribution in [1.29, 1.82) is 0 Å². The summed E-state index contributed by atoms with van der Waals surface area (Å²) in [6.45, 7) is 1.03. The quantitative estimate of drug-likeness (QED) is 0.717. The van der Waals surface area contributed by atoms with E-state index in [1.54, 1.807) is 39.9 Å². The first kappa shape index (κ1) is 18.9. The molecule has 2 aromatic carbocycles. The van der Waals surface area contributed by atoms with Gasteiger partial charge in [-0.1, -0.05) is 42.5 Å². The van der Waals surface area contributed by atoms with E-state index in [1.807, 2.05) is 30.3 Å². The minimum Gasteiger partial charge on any atom is -0.317 e. The van der Waals surface area contributed by atoms with Gasteiger partial charge in [0.15, 0.2) is 0 Å². The molecule has 148 valence electrons. The normalized spacial score (nSPS) is 16.0. The molecule has 2 heterocycles. The third-order valence-electron chi connectivity index (χ3n) is 5.23. The van der Waals surface area contributed by atoms with Crippen LogP contribution in [-0.4, -0.2) is 22.0 Å². The highest BCUT2D eigenvalue weighted by Gasteiger charge is 2.30. The van der Waals surface area contributed by atoms with Gasteiger partial charge in [0.2, 0.25) is 0 Å². The van der Waals surface area contributed by atoms with Crippen LogP contribution in [-0.2, 0) is 6.54 Å². The molecule has 0 spiro atoms. The van der Waals surface area contributed by atoms with Crippen LogP contribution in [0.3, 0.4) is 0 Å². The molecule has 0 saturated carbocycles. The molecular formula is C23H22FN3O2. The zero-order chi connectivity index (χ0) is 20.2. The molecule has 1 N–H and O–H groups in total. The molecule has 6 heteroatoms. The summed E-state index contributed by atoms with van der Waals surface area (Å²) < 4.78 is 14.8. The third kappa shape index (κ3) is 4.21. The number of anilines is 1. The predicted molar refractivity (Wildman–Crippen MR) is 110 cm³/mol. The van der Waals surface area contributed by atoms with Crippen molar-refractivity contribution >= 4 is 11.7 Å². The van der Waals surface area contributed by atoms with Crippen molar-refractivity contribution < 1.29 is 9.18 Å². The molecule has 1 aromatic heterocycles. The predicted octanol–water partition coefficient (Wildman–Crippen LogP) is 4.40. The maximum atomic E-state index is 13.2. The Kier molecular flexibility index (Phi) is 5.42. The summed E-state index contributed by atoms with van der Waals surface area (Å²) in [7, 11) is 0. The van der Waals surface area contributed by atoms with Gasteiger partial charge in [-0.3, -0.25) is 4.79 Å². The Bertz CT molecular complexity index is 1050. The minimum absolute atomic E-state index is 0.120. The van der Waals surface area contributed by atoms with Crippen molar-refractivity contribution in [2.45, 2.75) is 25.4 Å². The smallest absolute Gasteiger partial charge is 0.317 e. The van der Waals surface area contributed by atoms with E-state index in [-0.39, 0.29) is 29.1 Å². The van der Waals surface area contributed by atoms with Crippen molar-refractivity contribution in [2.24, 2.45) is 0 Å². The van der Waals surface area contributed by atoms with E-state index in [1.165, 1.54) is 12.1 Å². The largest absolute Gasteiger partial charge is 0.322 e. The van der Waals surface area contributed by atoms with Crippen LogP contribution in [0.5, 0.6) is 0 Å². The van der Waals surface area contributed by atoms with Crippen molar-refractivity contribution in [2.75, 3.05) is 11.9 Å². The molecule has 0 bridgehead atoms. The van der Waals surface area contributed by atoms with Crippen LogP contribution < -0.4 is 10.9 Å². The topological polar surface area (TPSA) is 54.3 Å². The summed E-state index contributed by atoms with van der Waals surface area (Å²) in [6.07, 6.45) is 3.39.